The standard InChI is InChI=1S/C22H19NO4/c1-3-26-20(24)13-19-21(16-10-7-11-17(12-16)25-2)18(14-23)22(27-19)15-8-5-4-6-9-15/h4-12H,3,13H2,1-2H3. The number of rotatable bonds is 6. The van der Waals surface area contributed by atoms with Gasteiger partial charge in [-0.1, -0.05) is 42.5 Å². The van der Waals surface area contributed by atoms with Crippen LogP contribution < -0.4 is 4.74 Å². The van der Waals surface area contributed by atoms with Crippen LogP contribution in [-0.2, 0) is 16.0 Å². The van der Waals surface area contributed by atoms with E-state index in [2.05, 4.69) is 6.07 Å². The minimum absolute atomic E-state index is 0.0537. The third-order valence-corrected chi connectivity index (χ3v) is 4.10. The number of ether oxygens (including phenoxy) is 2. The zero-order valence-electron chi connectivity index (χ0n) is 15.2. The van der Waals surface area contributed by atoms with Crippen LogP contribution in [0.4, 0.5) is 0 Å². The molecular formula is C22H19NO4. The molecule has 5 heteroatoms. The number of hydrogen-bond donors (Lipinski definition) is 0. The number of nitriles is 1. The first-order valence-electron chi connectivity index (χ1n) is 8.59. The first-order chi connectivity index (χ1) is 13.2. The van der Waals surface area contributed by atoms with E-state index in [-0.39, 0.29) is 13.0 Å². The van der Waals surface area contributed by atoms with Crippen molar-refractivity contribution in [1.82, 2.24) is 0 Å². The Balaban J connectivity index is 2.20. The van der Waals surface area contributed by atoms with Crippen molar-refractivity contribution in [3.8, 4) is 34.3 Å². The van der Waals surface area contributed by atoms with Crippen LogP contribution >= 0.6 is 0 Å². The zero-order valence-corrected chi connectivity index (χ0v) is 15.2. The number of furan rings is 1. The van der Waals surface area contributed by atoms with Crippen LogP contribution in [0.1, 0.15) is 18.2 Å². The van der Waals surface area contributed by atoms with E-state index in [1.165, 1.54) is 0 Å². The van der Waals surface area contributed by atoms with Gasteiger partial charge in [-0.15, -0.1) is 0 Å². The Morgan fingerprint density at radius 2 is 1.85 bits per heavy atom. The lowest BCUT2D eigenvalue weighted by Gasteiger charge is -2.06. The molecule has 3 rings (SSSR count). The van der Waals surface area contributed by atoms with Gasteiger partial charge in [0.15, 0.2) is 5.76 Å². The molecule has 1 heterocycles. The van der Waals surface area contributed by atoms with Crippen LogP contribution in [0.3, 0.4) is 0 Å². The molecule has 0 radical (unpaired) electrons. The van der Waals surface area contributed by atoms with Crippen molar-refractivity contribution in [2.24, 2.45) is 0 Å². The van der Waals surface area contributed by atoms with Crippen LogP contribution in [0.15, 0.2) is 59.0 Å². The maximum atomic E-state index is 12.1. The summed E-state index contributed by atoms with van der Waals surface area (Å²) in [6.45, 7) is 2.03. The van der Waals surface area contributed by atoms with Crippen molar-refractivity contribution >= 4 is 5.97 Å². The van der Waals surface area contributed by atoms with Gasteiger partial charge >= 0.3 is 5.97 Å². The van der Waals surface area contributed by atoms with Gasteiger partial charge in [0.05, 0.1) is 13.7 Å². The Labute approximate surface area is 157 Å². The number of esters is 1. The number of benzene rings is 2. The molecule has 0 N–H and O–H groups in total. The zero-order chi connectivity index (χ0) is 19.2. The van der Waals surface area contributed by atoms with E-state index in [0.717, 1.165) is 11.1 Å². The van der Waals surface area contributed by atoms with E-state index >= 15 is 0 Å². The molecule has 0 aliphatic heterocycles. The van der Waals surface area contributed by atoms with E-state index < -0.39 is 5.97 Å². The lowest BCUT2D eigenvalue weighted by Crippen LogP contribution is -2.07. The van der Waals surface area contributed by atoms with E-state index in [0.29, 0.717) is 28.4 Å². The Morgan fingerprint density at radius 1 is 1.11 bits per heavy atom. The number of carbonyl (C=O) groups is 1. The van der Waals surface area contributed by atoms with Gasteiger partial charge in [0.2, 0.25) is 0 Å². The molecular weight excluding hydrogens is 342 g/mol. The van der Waals surface area contributed by atoms with Crippen molar-refractivity contribution in [2.45, 2.75) is 13.3 Å². The summed E-state index contributed by atoms with van der Waals surface area (Å²) in [5, 5.41) is 9.84. The molecule has 27 heavy (non-hydrogen) atoms. The second-order valence-electron chi connectivity index (χ2n) is 5.80. The maximum absolute atomic E-state index is 12.1. The van der Waals surface area contributed by atoms with Gasteiger partial charge in [-0.2, -0.15) is 5.26 Å². The fourth-order valence-corrected chi connectivity index (χ4v) is 2.93. The predicted octanol–water partition coefficient (Wildman–Crippen LogP) is 4.60. The van der Waals surface area contributed by atoms with Crippen LogP contribution in [0.25, 0.3) is 22.5 Å². The monoisotopic (exact) mass is 361 g/mol. The third kappa shape index (κ3) is 3.85. The average Bonchev–Trinajstić information content (AvgIpc) is 3.07. The number of carbonyl (C=O) groups excluding carboxylic acids is 1. The molecule has 3 aromatic rings. The van der Waals surface area contributed by atoms with Crippen LogP contribution in [-0.4, -0.2) is 19.7 Å². The molecule has 0 saturated carbocycles. The van der Waals surface area contributed by atoms with Gasteiger partial charge in [0.25, 0.3) is 0 Å². The molecule has 0 bridgehead atoms. The van der Waals surface area contributed by atoms with Crippen molar-refractivity contribution in [3.05, 3.63) is 65.9 Å². The van der Waals surface area contributed by atoms with Gasteiger partial charge in [0.1, 0.15) is 29.6 Å². The van der Waals surface area contributed by atoms with Gasteiger partial charge in [-0.25, -0.2) is 0 Å². The highest BCUT2D eigenvalue weighted by molar-refractivity contribution is 5.85. The average molecular weight is 361 g/mol. The van der Waals surface area contributed by atoms with Crippen molar-refractivity contribution < 1.29 is 18.7 Å². The molecule has 0 unspecified atom stereocenters. The molecule has 0 aliphatic rings. The summed E-state index contributed by atoms with van der Waals surface area (Å²) in [4.78, 5) is 12.1. The quantitative estimate of drug-likeness (QED) is 0.600. The summed E-state index contributed by atoms with van der Waals surface area (Å²) in [5.41, 5.74) is 2.49. The summed E-state index contributed by atoms with van der Waals surface area (Å²) in [5.74, 6) is 1.09. The van der Waals surface area contributed by atoms with E-state index in [1.54, 1.807) is 14.0 Å². The highest BCUT2D eigenvalue weighted by Gasteiger charge is 2.25. The fourth-order valence-electron chi connectivity index (χ4n) is 2.93. The van der Waals surface area contributed by atoms with Gasteiger partial charge < -0.3 is 13.9 Å². The molecule has 5 nitrogen and oxygen atoms in total. The second kappa shape index (κ2) is 8.24. The van der Waals surface area contributed by atoms with Crippen LogP contribution in [0, 0.1) is 11.3 Å². The first kappa shape index (κ1) is 18.3. The second-order valence-corrected chi connectivity index (χ2v) is 5.80. The summed E-state index contributed by atoms with van der Waals surface area (Å²) in [7, 11) is 1.58. The molecule has 136 valence electrons. The summed E-state index contributed by atoms with van der Waals surface area (Å²) in [6.07, 6.45) is -0.0537. The maximum Gasteiger partial charge on any atom is 0.313 e. The number of hydrogen-bond acceptors (Lipinski definition) is 5. The molecule has 0 atom stereocenters. The summed E-state index contributed by atoms with van der Waals surface area (Å²) < 4.78 is 16.4. The number of methoxy groups -OCH3 is 1. The topological polar surface area (TPSA) is 72.5 Å². The molecule has 0 spiro atoms. The highest BCUT2D eigenvalue weighted by Crippen LogP contribution is 2.39. The van der Waals surface area contributed by atoms with E-state index in [4.69, 9.17) is 13.9 Å². The van der Waals surface area contributed by atoms with Crippen LogP contribution in [0.2, 0.25) is 0 Å². The minimum Gasteiger partial charge on any atom is -0.497 e. The van der Waals surface area contributed by atoms with Gasteiger partial charge in [0, 0.05) is 11.1 Å². The molecule has 0 aliphatic carbocycles. The SMILES string of the molecule is CCOC(=O)Cc1oc(-c2ccccc2)c(C#N)c1-c1cccc(OC)c1. The normalized spacial score (nSPS) is 10.3. The lowest BCUT2D eigenvalue weighted by molar-refractivity contribution is -0.142. The molecule has 0 fully saturated rings. The Bertz CT molecular complexity index is 983. The number of nitrogens with zero attached hydrogens (tertiary/aromatic N) is 1. The first-order valence-corrected chi connectivity index (χ1v) is 8.59. The molecule has 0 saturated heterocycles. The van der Waals surface area contributed by atoms with Crippen molar-refractivity contribution in [1.29, 1.82) is 5.26 Å². The van der Waals surface area contributed by atoms with E-state index in [9.17, 15) is 10.1 Å². The van der Waals surface area contributed by atoms with Crippen LogP contribution in [0.5, 0.6) is 5.75 Å². The smallest absolute Gasteiger partial charge is 0.313 e. The van der Waals surface area contributed by atoms with Crippen molar-refractivity contribution in [2.75, 3.05) is 13.7 Å². The molecule has 0 amide bonds. The highest BCUT2D eigenvalue weighted by atomic mass is 16.5. The molecule has 1 aromatic heterocycles. The fraction of sp³-hybridized carbons (Fsp3) is 0.182. The Morgan fingerprint density at radius 3 is 2.52 bits per heavy atom. The summed E-state index contributed by atoms with van der Waals surface area (Å²) in [6, 6.07) is 18.9. The summed E-state index contributed by atoms with van der Waals surface area (Å²) >= 11 is 0. The predicted molar refractivity (Wildman–Crippen MR) is 101 cm³/mol. The Kier molecular flexibility index (Phi) is 5.58. The van der Waals surface area contributed by atoms with E-state index in [1.807, 2.05) is 54.6 Å². The lowest BCUT2D eigenvalue weighted by atomic mass is 9.97. The molecule has 2 aromatic carbocycles. The largest absolute Gasteiger partial charge is 0.497 e. The third-order valence-electron chi connectivity index (χ3n) is 4.10. The van der Waals surface area contributed by atoms with Gasteiger partial charge in [-0.3, -0.25) is 4.79 Å². The van der Waals surface area contributed by atoms with Gasteiger partial charge in [-0.05, 0) is 24.6 Å². The Hall–Kier alpha value is -3.52. The van der Waals surface area contributed by atoms with Crippen molar-refractivity contribution in [3.63, 3.8) is 0 Å². The minimum atomic E-state index is -0.403.